The summed E-state index contributed by atoms with van der Waals surface area (Å²) in [5.41, 5.74) is 1.14. The van der Waals surface area contributed by atoms with E-state index in [-0.39, 0.29) is 0 Å². The Kier molecular flexibility index (Phi) is 6.14. The molecule has 0 amide bonds. The first-order chi connectivity index (χ1) is 9.63. The molecule has 3 nitrogen and oxygen atoms in total. The molecule has 0 aromatic carbocycles. The summed E-state index contributed by atoms with van der Waals surface area (Å²) in [5, 5.41) is 10.1. The second kappa shape index (κ2) is 7.64. The zero-order valence-electron chi connectivity index (χ0n) is 12.0. The van der Waals surface area contributed by atoms with Gasteiger partial charge in [-0.25, -0.2) is 0 Å². The van der Waals surface area contributed by atoms with Gasteiger partial charge >= 0.3 is 0 Å². The third-order valence-corrected chi connectivity index (χ3v) is 5.93. The average Bonchev–Trinajstić information content (AvgIpc) is 3.03. The van der Waals surface area contributed by atoms with Gasteiger partial charge in [-0.3, -0.25) is 0 Å². The van der Waals surface area contributed by atoms with Crippen LogP contribution in [0.25, 0.3) is 0 Å². The molecule has 0 spiro atoms. The minimum absolute atomic E-state index is 0.308. The number of hydrogen-bond donors (Lipinski definition) is 1. The first-order valence-corrected chi connectivity index (χ1v) is 9.35. The minimum Gasteiger partial charge on any atom is -0.309 e. The lowest BCUT2D eigenvalue weighted by Gasteiger charge is -2.18. The molecule has 110 valence electrons. The Labute approximate surface area is 137 Å². The van der Waals surface area contributed by atoms with Crippen LogP contribution in [0.1, 0.15) is 54.6 Å². The molecule has 0 radical (unpaired) electrons. The maximum absolute atomic E-state index is 4.32. The summed E-state index contributed by atoms with van der Waals surface area (Å²) in [5.74, 6) is 0.418. The van der Waals surface area contributed by atoms with Gasteiger partial charge in [-0.1, -0.05) is 25.3 Å². The Morgan fingerprint density at radius 3 is 2.80 bits per heavy atom. The topological polar surface area (TPSA) is 37.8 Å². The zero-order valence-corrected chi connectivity index (χ0v) is 15.2. The van der Waals surface area contributed by atoms with Crippen molar-refractivity contribution < 1.29 is 0 Å². The first-order valence-electron chi connectivity index (χ1n) is 6.90. The van der Waals surface area contributed by atoms with E-state index in [4.69, 9.17) is 0 Å². The summed E-state index contributed by atoms with van der Waals surface area (Å²) >= 11 is 6.96. The lowest BCUT2D eigenvalue weighted by atomic mass is 10.0. The number of rotatable bonds is 7. The second-order valence-corrected chi connectivity index (χ2v) is 7.72. The lowest BCUT2D eigenvalue weighted by Crippen LogP contribution is -2.24. The Balaban J connectivity index is 2.22. The van der Waals surface area contributed by atoms with Crippen molar-refractivity contribution in [2.45, 2.75) is 45.6 Å². The van der Waals surface area contributed by atoms with E-state index in [2.05, 4.69) is 63.1 Å². The fourth-order valence-electron chi connectivity index (χ4n) is 2.08. The second-order valence-electron chi connectivity index (χ2n) is 5.08. The highest BCUT2D eigenvalue weighted by Crippen LogP contribution is 2.32. The molecule has 0 fully saturated rings. The lowest BCUT2D eigenvalue weighted by molar-refractivity contribution is 0.531. The van der Waals surface area contributed by atoms with Crippen LogP contribution in [0.5, 0.6) is 0 Å². The molecule has 0 bridgehead atoms. The van der Waals surface area contributed by atoms with Crippen molar-refractivity contribution in [3.8, 4) is 0 Å². The molecule has 2 rings (SSSR count). The zero-order chi connectivity index (χ0) is 14.5. The van der Waals surface area contributed by atoms with Gasteiger partial charge in [0.15, 0.2) is 0 Å². The van der Waals surface area contributed by atoms with Gasteiger partial charge in [-0.05, 0) is 57.8 Å². The van der Waals surface area contributed by atoms with E-state index in [1.54, 1.807) is 11.3 Å². The minimum atomic E-state index is 0.308. The van der Waals surface area contributed by atoms with Crippen molar-refractivity contribution in [1.82, 2.24) is 14.9 Å². The summed E-state index contributed by atoms with van der Waals surface area (Å²) in [7, 11) is 0. The first kappa shape index (κ1) is 16.1. The van der Waals surface area contributed by atoms with E-state index in [1.165, 1.54) is 25.8 Å². The number of hydrogen-bond acceptors (Lipinski definition) is 5. The predicted octanol–water partition coefficient (Wildman–Crippen LogP) is 4.77. The Morgan fingerprint density at radius 2 is 2.20 bits per heavy atom. The van der Waals surface area contributed by atoms with Crippen molar-refractivity contribution in [2.75, 3.05) is 6.54 Å². The van der Waals surface area contributed by atoms with Crippen molar-refractivity contribution in [3.63, 3.8) is 0 Å². The molecule has 0 aliphatic heterocycles. The van der Waals surface area contributed by atoms with Crippen LogP contribution in [0.3, 0.4) is 0 Å². The maximum Gasteiger partial charge on any atom is 0.0829 e. The molecular formula is C14H20BrN3S2. The van der Waals surface area contributed by atoms with Gasteiger partial charge in [0.25, 0.3) is 0 Å². The van der Waals surface area contributed by atoms with E-state index < -0.39 is 0 Å². The fourth-order valence-corrected chi connectivity index (χ4v) is 4.52. The molecule has 0 aliphatic carbocycles. The molecular weight excluding hydrogens is 354 g/mol. The van der Waals surface area contributed by atoms with Crippen LogP contribution in [-0.4, -0.2) is 16.1 Å². The number of halogens is 1. The maximum atomic E-state index is 4.32. The van der Waals surface area contributed by atoms with E-state index in [0.717, 1.165) is 25.1 Å². The van der Waals surface area contributed by atoms with Gasteiger partial charge in [0.1, 0.15) is 0 Å². The van der Waals surface area contributed by atoms with Crippen molar-refractivity contribution in [3.05, 3.63) is 31.4 Å². The summed E-state index contributed by atoms with van der Waals surface area (Å²) in [6.45, 7) is 7.57. The molecule has 20 heavy (non-hydrogen) atoms. The average molecular weight is 374 g/mol. The number of aromatic nitrogens is 2. The molecule has 2 aromatic heterocycles. The molecule has 1 unspecified atom stereocenters. The largest absolute Gasteiger partial charge is 0.309 e. The summed E-state index contributed by atoms with van der Waals surface area (Å²) in [6, 6.07) is 2.42. The van der Waals surface area contributed by atoms with Gasteiger partial charge in [0.05, 0.1) is 10.6 Å². The SMILES string of the molecule is CCCNC(Cc1sccc1Br)c1snnc1C(C)C. The Bertz CT molecular complexity index is 536. The third kappa shape index (κ3) is 3.87. The van der Waals surface area contributed by atoms with Crippen LogP contribution in [0.4, 0.5) is 0 Å². The van der Waals surface area contributed by atoms with Crippen LogP contribution in [0.2, 0.25) is 0 Å². The van der Waals surface area contributed by atoms with Crippen LogP contribution in [-0.2, 0) is 6.42 Å². The molecule has 2 heterocycles. The van der Waals surface area contributed by atoms with Crippen LogP contribution < -0.4 is 5.32 Å². The summed E-state index contributed by atoms with van der Waals surface area (Å²) in [6.07, 6.45) is 2.12. The highest BCUT2D eigenvalue weighted by atomic mass is 79.9. The van der Waals surface area contributed by atoms with Gasteiger partial charge in [0, 0.05) is 21.8 Å². The molecule has 1 atom stereocenters. The number of nitrogens with one attached hydrogen (secondary N) is 1. The molecule has 0 aliphatic rings. The summed E-state index contributed by atoms with van der Waals surface area (Å²) < 4.78 is 5.37. The third-order valence-electron chi connectivity index (χ3n) is 3.12. The van der Waals surface area contributed by atoms with E-state index >= 15 is 0 Å². The predicted molar refractivity (Wildman–Crippen MR) is 90.8 cm³/mol. The van der Waals surface area contributed by atoms with Gasteiger partial charge in [-0.15, -0.1) is 16.4 Å². The van der Waals surface area contributed by atoms with Crippen LogP contribution in [0, 0.1) is 0 Å². The van der Waals surface area contributed by atoms with Gasteiger partial charge < -0.3 is 5.32 Å². The highest BCUT2D eigenvalue weighted by Gasteiger charge is 2.22. The van der Waals surface area contributed by atoms with E-state index in [0.29, 0.717) is 12.0 Å². The fraction of sp³-hybridized carbons (Fsp3) is 0.571. The Hall–Kier alpha value is -0.300. The highest BCUT2D eigenvalue weighted by molar-refractivity contribution is 9.10. The molecule has 6 heteroatoms. The van der Waals surface area contributed by atoms with E-state index in [1.807, 2.05) is 0 Å². The molecule has 1 N–H and O–H groups in total. The van der Waals surface area contributed by atoms with Crippen molar-refractivity contribution in [2.24, 2.45) is 0 Å². The van der Waals surface area contributed by atoms with Crippen LogP contribution >= 0.6 is 38.8 Å². The number of thiophene rings is 1. The number of nitrogens with zero attached hydrogens (tertiary/aromatic N) is 2. The smallest absolute Gasteiger partial charge is 0.0829 e. The van der Waals surface area contributed by atoms with Crippen molar-refractivity contribution >= 4 is 38.8 Å². The van der Waals surface area contributed by atoms with Crippen molar-refractivity contribution in [1.29, 1.82) is 0 Å². The van der Waals surface area contributed by atoms with E-state index in [9.17, 15) is 0 Å². The molecule has 2 aromatic rings. The Morgan fingerprint density at radius 1 is 1.40 bits per heavy atom. The van der Waals surface area contributed by atoms with Gasteiger partial charge in [0.2, 0.25) is 0 Å². The standard InChI is InChI=1S/C14H20BrN3S2/c1-4-6-16-11(8-12-10(15)5-7-19-12)14-13(9(2)3)17-18-20-14/h5,7,9,11,16H,4,6,8H2,1-3H3. The quantitative estimate of drug-likeness (QED) is 0.759. The normalized spacial score (nSPS) is 13.1. The van der Waals surface area contributed by atoms with Gasteiger partial charge in [-0.2, -0.15) is 0 Å². The monoisotopic (exact) mass is 373 g/mol. The van der Waals surface area contributed by atoms with Crippen LogP contribution in [0.15, 0.2) is 15.9 Å². The summed E-state index contributed by atoms with van der Waals surface area (Å²) in [4.78, 5) is 2.66. The molecule has 0 saturated carbocycles. The molecule has 0 saturated heterocycles.